The first-order valence-corrected chi connectivity index (χ1v) is 6.48. The third-order valence-electron chi connectivity index (χ3n) is 2.56. The highest BCUT2D eigenvalue weighted by Crippen LogP contribution is 2.21. The van der Waals surface area contributed by atoms with E-state index in [0.29, 0.717) is 17.0 Å². The van der Waals surface area contributed by atoms with Crippen molar-refractivity contribution in [1.82, 2.24) is 5.32 Å². The molecular weight excluding hydrogens is 305 g/mol. The van der Waals surface area contributed by atoms with E-state index >= 15 is 0 Å². The lowest BCUT2D eigenvalue weighted by atomic mass is 10.0. The molecule has 0 heterocycles. The van der Waals surface area contributed by atoms with Crippen molar-refractivity contribution in [1.29, 1.82) is 0 Å². The highest BCUT2D eigenvalue weighted by atomic mass is 79.9. The van der Waals surface area contributed by atoms with Gasteiger partial charge in [0.2, 0.25) is 0 Å². The van der Waals surface area contributed by atoms with Gasteiger partial charge in [0.15, 0.2) is 0 Å². The predicted molar refractivity (Wildman–Crippen MR) is 72.4 cm³/mol. The van der Waals surface area contributed by atoms with Crippen molar-refractivity contribution in [3.05, 3.63) is 33.3 Å². The molecule has 0 radical (unpaired) electrons. The van der Waals surface area contributed by atoms with Crippen molar-refractivity contribution >= 4 is 33.4 Å². The van der Waals surface area contributed by atoms with Crippen molar-refractivity contribution in [3.8, 4) is 0 Å². The molecule has 1 unspecified atom stereocenters. The summed E-state index contributed by atoms with van der Waals surface area (Å²) < 4.78 is 0.786. The van der Waals surface area contributed by atoms with E-state index in [1.165, 1.54) is 0 Å². The molecule has 0 saturated heterocycles. The molecule has 0 aliphatic carbocycles. The van der Waals surface area contributed by atoms with Gasteiger partial charge in [-0.1, -0.05) is 34.5 Å². The third kappa shape index (κ3) is 4.30. The van der Waals surface area contributed by atoms with E-state index < -0.39 is 5.60 Å². The summed E-state index contributed by atoms with van der Waals surface area (Å²) in [6.07, 6.45) is 0.569. The Balaban J connectivity index is 2.74. The zero-order chi connectivity index (χ0) is 13.1. The molecule has 2 N–H and O–H groups in total. The molecule has 0 saturated carbocycles. The van der Waals surface area contributed by atoms with Crippen molar-refractivity contribution < 1.29 is 9.90 Å². The zero-order valence-corrected chi connectivity index (χ0v) is 12.1. The molecule has 1 amide bonds. The molecule has 1 atom stereocenters. The summed E-state index contributed by atoms with van der Waals surface area (Å²) in [5.74, 6) is -0.287. The van der Waals surface area contributed by atoms with Gasteiger partial charge in [-0.3, -0.25) is 4.79 Å². The summed E-state index contributed by atoms with van der Waals surface area (Å²) in [4.78, 5) is 11.9. The van der Waals surface area contributed by atoms with Crippen LogP contribution in [0.4, 0.5) is 0 Å². The summed E-state index contributed by atoms with van der Waals surface area (Å²) >= 11 is 9.21. The SMILES string of the molecule is CCC(C)(O)CNC(=O)c1cc(Br)ccc1Cl. The van der Waals surface area contributed by atoms with E-state index in [4.69, 9.17) is 11.6 Å². The number of hydrogen-bond acceptors (Lipinski definition) is 2. The van der Waals surface area contributed by atoms with Crippen LogP contribution in [-0.4, -0.2) is 23.2 Å². The largest absolute Gasteiger partial charge is 0.388 e. The Morgan fingerprint density at radius 1 is 1.59 bits per heavy atom. The Hall–Kier alpha value is -0.580. The quantitative estimate of drug-likeness (QED) is 0.896. The van der Waals surface area contributed by atoms with Crippen LogP contribution in [0.25, 0.3) is 0 Å². The van der Waals surface area contributed by atoms with Gasteiger partial charge in [0.25, 0.3) is 5.91 Å². The first kappa shape index (κ1) is 14.5. The first-order chi connectivity index (χ1) is 7.85. The van der Waals surface area contributed by atoms with Gasteiger partial charge in [0, 0.05) is 11.0 Å². The summed E-state index contributed by atoms with van der Waals surface area (Å²) in [6.45, 7) is 3.74. The van der Waals surface area contributed by atoms with E-state index in [-0.39, 0.29) is 12.5 Å². The van der Waals surface area contributed by atoms with Gasteiger partial charge in [-0.2, -0.15) is 0 Å². The number of carbonyl (C=O) groups excluding carboxylic acids is 1. The summed E-state index contributed by atoms with van der Waals surface area (Å²) in [7, 11) is 0. The molecule has 5 heteroatoms. The van der Waals surface area contributed by atoms with E-state index in [0.717, 1.165) is 4.47 Å². The second-order valence-electron chi connectivity index (χ2n) is 4.16. The molecule has 1 aromatic rings. The predicted octanol–water partition coefficient (Wildman–Crippen LogP) is 2.99. The molecule has 1 aromatic carbocycles. The maximum Gasteiger partial charge on any atom is 0.252 e. The maximum absolute atomic E-state index is 11.9. The lowest BCUT2D eigenvalue weighted by Crippen LogP contribution is -2.40. The lowest BCUT2D eigenvalue weighted by molar-refractivity contribution is 0.0518. The van der Waals surface area contributed by atoms with Crippen molar-refractivity contribution in [2.24, 2.45) is 0 Å². The summed E-state index contributed by atoms with van der Waals surface area (Å²) in [5.41, 5.74) is -0.498. The molecule has 0 spiro atoms. The molecule has 3 nitrogen and oxygen atoms in total. The minimum Gasteiger partial charge on any atom is -0.388 e. The fourth-order valence-corrected chi connectivity index (χ4v) is 1.73. The fourth-order valence-electron chi connectivity index (χ4n) is 1.16. The van der Waals surface area contributed by atoms with E-state index in [1.54, 1.807) is 25.1 Å². The second-order valence-corrected chi connectivity index (χ2v) is 5.48. The van der Waals surface area contributed by atoms with Crippen LogP contribution in [-0.2, 0) is 0 Å². The van der Waals surface area contributed by atoms with Crippen LogP contribution >= 0.6 is 27.5 Å². The monoisotopic (exact) mass is 319 g/mol. The summed E-state index contributed by atoms with van der Waals surface area (Å²) in [6, 6.07) is 5.07. The minimum atomic E-state index is -0.895. The number of carbonyl (C=O) groups is 1. The van der Waals surface area contributed by atoms with Crippen molar-refractivity contribution in [2.45, 2.75) is 25.9 Å². The molecule has 0 aliphatic heterocycles. The van der Waals surface area contributed by atoms with E-state index in [9.17, 15) is 9.90 Å². The topological polar surface area (TPSA) is 49.3 Å². The molecule has 0 fully saturated rings. The molecule has 0 aromatic heterocycles. The van der Waals surface area contributed by atoms with E-state index in [1.807, 2.05) is 6.92 Å². The highest BCUT2D eigenvalue weighted by molar-refractivity contribution is 9.10. The average molecular weight is 321 g/mol. The van der Waals surface area contributed by atoms with Gasteiger partial charge in [-0.15, -0.1) is 0 Å². The third-order valence-corrected chi connectivity index (χ3v) is 3.39. The van der Waals surface area contributed by atoms with Crippen LogP contribution < -0.4 is 5.32 Å². The van der Waals surface area contributed by atoms with Gasteiger partial charge in [-0.25, -0.2) is 0 Å². The number of nitrogens with one attached hydrogen (secondary N) is 1. The molecule has 0 bridgehead atoms. The molecule has 94 valence electrons. The maximum atomic E-state index is 11.9. The van der Waals surface area contributed by atoms with Gasteiger partial charge in [0.05, 0.1) is 16.2 Å². The minimum absolute atomic E-state index is 0.200. The lowest BCUT2D eigenvalue weighted by Gasteiger charge is -2.21. The highest BCUT2D eigenvalue weighted by Gasteiger charge is 2.19. The summed E-state index contributed by atoms with van der Waals surface area (Å²) in [5, 5.41) is 12.8. The van der Waals surface area contributed by atoms with Gasteiger partial charge in [0.1, 0.15) is 0 Å². The van der Waals surface area contributed by atoms with Crippen LogP contribution in [0.2, 0.25) is 5.02 Å². The second kappa shape index (κ2) is 5.85. The zero-order valence-electron chi connectivity index (χ0n) is 9.76. The van der Waals surface area contributed by atoms with Gasteiger partial charge < -0.3 is 10.4 Å². The molecule has 0 aliphatic rings. The fraction of sp³-hybridized carbons (Fsp3) is 0.417. The number of rotatable bonds is 4. The average Bonchev–Trinajstić information content (AvgIpc) is 2.29. The van der Waals surface area contributed by atoms with E-state index in [2.05, 4.69) is 21.2 Å². The van der Waals surface area contributed by atoms with Crippen LogP contribution in [0, 0.1) is 0 Å². The Morgan fingerprint density at radius 3 is 2.82 bits per heavy atom. The Morgan fingerprint density at radius 2 is 2.24 bits per heavy atom. The van der Waals surface area contributed by atoms with Crippen LogP contribution in [0.1, 0.15) is 30.6 Å². The van der Waals surface area contributed by atoms with Gasteiger partial charge >= 0.3 is 0 Å². The molecule has 17 heavy (non-hydrogen) atoms. The van der Waals surface area contributed by atoms with Crippen LogP contribution in [0.15, 0.2) is 22.7 Å². The van der Waals surface area contributed by atoms with Crippen LogP contribution in [0.5, 0.6) is 0 Å². The Labute approximate surface area is 114 Å². The number of amides is 1. The van der Waals surface area contributed by atoms with Gasteiger partial charge in [-0.05, 0) is 31.5 Å². The number of hydrogen-bond donors (Lipinski definition) is 2. The molecular formula is C12H15BrClNO2. The smallest absolute Gasteiger partial charge is 0.252 e. The van der Waals surface area contributed by atoms with Crippen molar-refractivity contribution in [3.63, 3.8) is 0 Å². The normalized spacial score (nSPS) is 14.2. The van der Waals surface area contributed by atoms with Crippen molar-refractivity contribution in [2.75, 3.05) is 6.54 Å². The standard InChI is InChI=1S/C12H15BrClNO2/c1-3-12(2,17)7-15-11(16)9-6-8(13)4-5-10(9)14/h4-6,17H,3,7H2,1-2H3,(H,15,16). The Bertz CT molecular complexity index is 421. The Kier molecular flexibility index (Phi) is 4.98. The number of benzene rings is 1. The first-order valence-electron chi connectivity index (χ1n) is 5.31. The molecule has 1 rings (SSSR count). The number of aliphatic hydroxyl groups is 1. The van der Waals surface area contributed by atoms with Crippen LogP contribution in [0.3, 0.4) is 0 Å². The number of halogens is 2.